The Balaban J connectivity index is 2.21. The number of allylic oxidation sites excluding steroid dienone is 2. The van der Waals surface area contributed by atoms with E-state index in [1.807, 2.05) is 0 Å². The molecule has 2 atom stereocenters. The number of ketones is 2. The van der Waals surface area contributed by atoms with Gasteiger partial charge in [0.2, 0.25) is 5.78 Å². The molecule has 3 nitrogen and oxygen atoms in total. The number of carbonyl (C=O) groups excluding carboxylic acids is 2. The summed E-state index contributed by atoms with van der Waals surface area (Å²) in [6.45, 7) is 2.15. The molecule has 1 aliphatic rings. The maximum Gasteiger partial charge on any atom is 0.228 e. The van der Waals surface area contributed by atoms with Crippen molar-refractivity contribution in [2.24, 2.45) is 0 Å². The van der Waals surface area contributed by atoms with Crippen LogP contribution in [0.1, 0.15) is 65.3 Å². The second-order valence-electron chi connectivity index (χ2n) is 6.94. The molecular weight excluding hydrogens is 345 g/mol. The van der Waals surface area contributed by atoms with Gasteiger partial charge in [-0.15, -0.1) is 0 Å². The number of unbranched alkanes of at least 4 members (excludes halogenated alkanes) is 2. The Morgan fingerprint density at radius 2 is 1.85 bits per heavy atom. The van der Waals surface area contributed by atoms with Gasteiger partial charge in [0.15, 0.2) is 11.5 Å². The summed E-state index contributed by atoms with van der Waals surface area (Å²) in [7, 11) is 0. The Morgan fingerprint density at radius 1 is 1.15 bits per heavy atom. The molecule has 2 unspecified atom stereocenters. The fourth-order valence-corrected chi connectivity index (χ4v) is 3.20. The first-order valence-corrected chi connectivity index (χ1v) is 8.70. The average molecular weight is 368 g/mol. The first-order chi connectivity index (χ1) is 12.2. The summed E-state index contributed by atoms with van der Waals surface area (Å²) in [5.74, 6) is -2.22. The largest absolute Gasteiger partial charge is 0.504 e. The highest BCUT2D eigenvalue weighted by atomic mass is 19.2. The van der Waals surface area contributed by atoms with E-state index in [0.717, 1.165) is 6.92 Å². The number of aryl methyl sites for hydroxylation is 1. The summed E-state index contributed by atoms with van der Waals surface area (Å²) >= 11 is 0. The molecule has 6 heteroatoms. The van der Waals surface area contributed by atoms with Gasteiger partial charge in [0.25, 0.3) is 0 Å². The quantitative estimate of drug-likeness (QED) is 0.644. The van der Waals surface area contributed by atoms with Gasteiger partial charge in [-0.3, -0.25) is 14.0 Å². The lowest BCUT2D eigenvalue weighted by atomic mass is 9.80. The Labute approximate surface area is 150 Å². The predicted molar refractivity (Wildman–Crippen MR) is 93.0 cm³/mol. The minimum Gasteiger partial charge on any atom is -0.504 e. The van der Waals surface area contributed by atoms with Gasteiger partial charge in [-0.2, -0.15) is 0 Å². The summed E-state index contributed by atoms with van der Waals surface area (Å²) < 4.78 is 41.2. The van der Waals surface area contributed by atoms with Crippen molar-refractivity contribution in [3.63, 3.8) is 0 Å². The standard InChI is InChI=1S/C20H23F3O3/c1-12-7-6-8-13-16(12)19(26)18(25)14(17(13)24)11-20(2,23)15(22)9-4-3-5-10-21/h6-8,15,25H,3-5,9-11H2,1-2H3. The summed E-state index contributed by atoms with van der Waals surface area (Å²) in [6.07, 6.45) is -1.62. The van der Waals surface area contributed by atoms with Gasteiger partial charge in [0.05, 0.1) is 6.67 Å². The van der Waals surface area contributed by atoms with E-state index in [-0.39, 0.29) is 17.5 Å². The van der Waals surface area contributed by atoms with Gasteiger partial charge in [0.1, 0.15) is 11.8 Å². The Hall–Kier alpha value is -2.11. The van der Waals surface area contributed by atoms with Gasteiger partial charge in [-0.25, -0.2) is 8.78 Å². The Morgan fingerprint density at radius 3 is 2.50 bits per heavy atom. The molecule has 0 saturated heterocycles. The van der Waals surface area contributed by atoms with Crippen LogP contribution in [0.4, 0.5) is 13.2 Å². The van der Waals surface area contributed by atoms with Crippen LogP contribution in [0.25, 0.3) is 0 Å². The van der Waals surface area contributed by atoms with Crippen LogP contribution in [0, 0.1) is 6.92 Å². The zero-order valence-corrected chi connectivity index (χ0v) is 14.9. The van der Waals surface area contributed by atoms with Crippen LogP contribution in [0.5, 0.6) is 0 Å². The minimum absolute atomic E-state index is 0.0944. The SMILES string of the molecule is Cc1cccc2c1C(=O)C(O)=C(CC(C)(F)C(F)CCCCCF)C2=O. The zero-order valence-electron chi connectivity index (χ0n) is 14.9. The maximum atomic E-state index is 14.8. The molecule has 0 aliphatic heterocycles. The molecule has 2 rings (SSSR count). The summed E-state index contributed by atoms with van der Waals surface area (Å²) in [4.78, 5) is 25.0. The van der Waals surface area contributed by atoms with Gasteiger partial charge in [-0.1, -0.05) is 31.0 Å². The number of rotatable bonds is 8. The highest BCUT2D eigenvalue weighted by Crippen LogP contribution is 2.36. The van der Waals surface area contributed by atoms with Gasteiger partial charge >= 0.3 is 0 Å². The van der Waals surface area contributed by atoms with E-state index in [4.69, 9.17) is 0 Å². The molecule has 0 aromatic heterocycles. The van der Waals surface area contributed by atoms with Crippen LogP contribution < -0.4 is 0 Å². The van der Waals surface area contributed by atoms with Crippen LogP contribution >= 0.6 is 0 Å². The van der Waals surface area contributed by atoms with Crippen LogP contribution in [-0.2, 0) is 0 Å². The van der Waals surface area contributed by atoms with Crippen LogP contribution in [0.2, 0.25) is 0 Å². The molecule has 26 heavy (non-hydrogen) atoms. The van der Waals surface area contributed by atoms with Gasteiger partial charge in [0, 0.05) is 23.1 Å². The van der Waals surface area contributed by atoms with Gasteiger partial charge < -0.3 is 5.11 Å². The third-order valence-corrected chi connectivity index (χ3v) is 4.79. The van der Waals surface area contributed by atoms with E-state index in [2.05, 4.69) is 0 Å². The number of benzene rings is 1. The molecular formula is C20H23F3O3. The number of hydrogen-bond donors (Lipinski definition) is 1. The highest BCUT2D eigenvalue weighted by molar-refractivity contribution is 6.26. The lowest BCUT2D eigenvalue weighted by molar-refractivity contribution is 0.0561. The van der Waals surface area contributed by atoms with Crippen LogP contribution in [0.3, 0.4) is 0 Å². The number of carbonyl (C=O) groups is 2. The summed E-state index contributed by atoms with van der Waals surface area (Å²) in [6, 6.07) is 4.67. The number of Topliss-reactive ketones (excluding diaryl/α,β-unsaturated/α-hetero) is 2. The second kappa shape index (κ2) is 8.06. The summed E-state index contributed by atoms with van der Waals surface area (Å²) in [5, 5.41) is 10.1. The van der Waals surface area contributed by atoms with Crippen LogP contribution in [0.15, 0.2) is 29.5 Å². The molecule has 1 N–H and O–H groups in total. The molecule has 1 aromatic carbocycles. The molecule has 0 fully saturated rings. The first kappa shape index (κ1) is 20.2. The first-order valence-electron chi connectivity index (χ1n) is 8.70. The molecule has 1 aromatic rings. The van der Waals surface area contributed by atoms with E-state index in [9.17, 15) is 27.9 Å². The Bertz CT molecular complexity index is 738. The predicted octanol–water partition coefficient (Wildman–Crippen LogP) is 5.17. The number of fused-ring (bicyclic) bond motifs is 1. The number of halogens is 3. The monoisotopic (exact) mass is 368 g/mol. The molecule has 0 bridgehead atoms. The van der Waals surface area contributed by atoms with Crippen molar-refractivity contribution in [2.45, 2.75) is 57.8 Å². The minimum atomic E-state index is -2.42. The lowest BCUT2D eigenvalue weighted by Crippen LogP contribution is -2.35. The average Bonchev–Trinajstić information content (AvgIpc) is 2.60. The van der Waals surface area contributed by atoms with Crippen molar-refractivity contribution in [1.29, 1.82) is 0 Å². The molecule has 0 radical (unpaired) electrons. The third-order valence-electron chi connectivity index (χ3n) is 4.79. The highest BCUT2D eigenvalue weighted by Gasteiger charge is 2.41. The fraction of sp³-hybridized carbons (Fsp3) is 0.500. The molecule has 0 saturated carbocycles. The fourth-order valence-electron chi connectivity index (χ4n) is 3.20. The van der Waals surface area contributed by atoms with E-state index in [1.165, 1.54) is 6.07 Å². The lowest BCUT2D eigenvalue weighted by Gasteiger charge is -2.27. The topological polar surface area (TPSA) is 54.4 Å². The molecule has 0 amide bonds. The molecule has 142 valence electrons. The van der Waals surface area contributed by atoms with Crippen molar-refractivity contribution < 1.29 is 27.9 Å². The van der Waals surface area contributed by atoms with Gasteiger partial charge in [-0.05, 0) is 32.3 Å². The smallest absolute Gasteiger partial charge is 0.228 e. The number of aliphatic hydroxyl groups excluding tert-OH is 1. The van der Waals surface area contributed by atoms with Crippen molar-refractivity contribution in [3.8, 4) is 0 Å². The number of alkyl halides is 3. The van der Waals surface area contributed by atoms with E-state index < -0.39 is 47.8 Å². The number of aliphatic hydroxyl groups is 1. The second-order valence-corrected chi connectivity index (χ2v) is 6.94. The third kappa shape index (κ3) is 4.00. The normalized spacial score (nSPS) is 17.9. The van der Waals surface area contributed by atoms with Crippen LogP contribution in [-0.4, -0.2) is 35.2 Å². The summed E-state index contributed by atoms with van der Waals surface area (Å²) in [5.41, 5.74) is -2.09. The molecule has 0 spiro atoms. The molecule has 0 heterocycles. The van der Waals surface area contributed by atoms with E-state index in [1.54, 1.807) is 19.1 Å². The van der Waals surface area contributed by atoms with Crippen molar-refractivity contribution in [2.75, 3.05) is 6.67 Å². The van der Waals surface area contributed by atoms with Crippen molar-refractivity contribution in [3.05, 3.63) is 46.2 Å². The number of hydrogen-bond acceptors (Lipinski definition) is 3. The van der Waals surface area contributed by atoms with Crippen molar-refractivity contribution >= 4 is 11.6 Å². The maximum absolute atomic E-state index is 14.8. The van der Waals surface area contributed by atoms with E-state index >= 15 is 0 Å². The molecule has 1 aliphatic carbocycles. The van der Waals surface area contributed by atoms with E-state index in [0.29, 0.717) is 24.8 Å². The van der Waals surface area contributed by atoms with Crippen molar-refractivity contribution in [1.82, 2.24) is 0 Å². The Kier molecular flexibility index (Phi) is 6.26. The zero-order chi connectivity index (χ0) is 19.5.